The van der Waals surface area contributed by atoms with Gasteiger partial charge in [-0.2, -0.15) is 8.42 Å². The van der Waals surface area contributed by atoms with Crippen LogP contribution < -0.4 is 4.18 Å². The van der Waals surface area contributed by atoms with E-state index in [1.165, 1.54) is 0 Å². The van der Waals surface area contributed by atoms with Crippen LogP contribution in [0.2, 0.25) is 0 Å². The van der Waals surface area contributed by atoms with E-state index in [1.54, 1.807) is 13.0 Å². The van der Waals surface area contributed by atoms with Gasteiger partial charge in [0.25, 0.3) is 0 Å². The van der Waals surface area contributed by atoms with E-state index in [0.29, 0.717) is 10.6 Å². The van der Waals surface area contributed by atoms with E-state index >= 15 is 0 Å². The highest BCUT2D eigenvalue weighted by molar-refractivity contribution is 7.88. The van der Waals surface area contributed by atoms with Crippen molar-refractivity contribution in [3.63, 3.8) is 0 Å². The van der Waals surface area contributed by atoms with Crippen LogP contribution in [0.3, 0.4) is 0 Å². The number of rotatable bonds is 0. The fourth-order valence-electron chi connectivity index (χ4n) is 1.52. The molecule has 0 unspecified atom stereocenters. The summed E-state index contributed by atoms with van der Waals surface area (Å²) < 4.78 is 27.0. The van der Waals surface area contributed by atoms with Gasteiger partial charge in [-0.3, -0.25) is 0 Å². The molecular weight excluding hydrogens is 188 g/mol. The molecule has 0 spiro atoms. The fraction of sp³-hybridized carbons (Fsp3) is 0.333. The molecule has 0 aromatic heterocycles. The van der Waals surface area contributed by atoms with E-state index in [-0.39, 0.29) is 0 Å². The molecule has 1 aromatic rings. The van der Waals surface area contributed by atoms with E-state index in [1.807, 2.05) is 13.8 Å². The van der Waals surface area contributed by atoms with E-state index in [2.05, 4.69) is 4.18 Å². The summed E-state index contributed by atoms with van der Waals surface area (Å²) in [5.41, 5.74) is 2.89. The third-order valence-corrected chi connectivity index (χ3v) is 3.92. The highest BCUT2D eigenvalue weighted by Gasteiger charge is 2.36. The molecule has 0 fully saturated rings. The topological polar surface area (TPSA) is 43.4 Å². The Morgan fingerprint density at radius 3 is 2.31 bits per heavy atom. The average Bonchev–Trinajstić information content (AvgIpc) is 1.98. The molecule has 2 rings (SSSR count). The van der Waals surface area contributed by atoms with Gasteiger partial charge in [-0.15, -0.1) is 0 Å². The van der Waals surface area contributed by atoms with Crippen LogP contribution in [0.15, 0.2) is 11.0 Å². The third-order valence-electron chi connectivity index (χ3n) is 2.52. The van der Waals surface area contributed by atoms with Crippen molar-refractivity contribution in [3.05, 3.63) is 22.8 Å². The van der Waals surface area contributed by atoms with Gasteiger partial charge in [0, 0.05) is 0 Å². The smallest absolute Gasteiger partial charge is 0.343 e. The van der Waals surface area contributed by atoms with Crippen LogP contribution in [0, 0.1) is 20.8 Å². The normalized spacial score (nSPS) is 17.2. The molecule has 13 heavy (non-hydrogen) atoms. The Kier molecular flexibility index (Phi) is 1.49. The molecule has 0 atom stereocenters. The maximum atomic E-state index is 11.2. The predicted octanol–water partition coefficient (Wildman–Crippen LogP) is 1.69. The average molecular weight is 198 g/mol. The first-order valence-corrected chi connectivity index (χ1v) is 5.39. The van der Waals surface area contributed by atoms with Crippen LogP contribution in [0.5, 0.6) is 5.75 Å². The van der Waals surface area contributed by atoms with Crippen molar-refractivity contribution in [3.8, 4) is 5.75 Å². The number of fused-ring (bicyclic) bond motifs is 1. The standard InChI is InChI=1S/C9H10O3S/c1-5-4-8-9(7(3)6(5)2)13(10,11)12-8/h4H,1-3H3. The quantitative estimate of drug-likeness (QED) is 0.596. The maximum absolute atomic E-state index is 11.2. The molecule has 0 radical (unpaired) electrons. The minimum atomic E-state index is -3.41. The molecule has 70 valence electrons. The minimum Gasteiger partial charge on any atom is -0.377 e. The van der Waals surface area contributed by atoms with Crippen LogP contribution in [-0.2, 0) is 10.1 Å². The largest absolute Gasteiger partial charge is 0.377 e. The molecule has 1 heterocycles. The molecule has 1 aliphatic heterocycles. The van der Waals surface area contributed by atoms with E-state index in [9.17, 15) is 8.42 Å². The van der Waals surface area contributed by atoms with Crippen LogP contribution in [0.1, 0.15) is 16.7 Å². The molecule has 0 N–H and O–H groups in total. The van der Waals surface area contributed by atoms with Gasteiger partial charge in [0.1, 0.15) is 0 Å². The fourth-order valence-corrected chi connectivity index (χ4v) is 2.73. The lowest BCUT2D eigenvalue weighted by atomic mass is 10.0. The first-order chi connectivity index (χ1) is 5.93. The highest BCUT2D eigenvalue weighted by Crippen LogP contribution is 2.41. The summed E-state index contributed by atoms with van der Waals surface area (Å²) in [4.78, 5) is 0.357. The Balaban J connectivity index is 2.83. The van der Waals surface area contributed by atoms with Crippen molar-refractivity contribution < 1.29 is 12.6 Å². The molecule has 0 saturated carbocycles. The van der Waals surface area contributed by atoms with Gasteiger partial charge in [0.2, 0.25) is 0 Å². The number of hydrogen-bond donors (Lipinski definition) is 0. The summed E-state index contributed by atoms with van der Waals surface area (Å²) in [5.74, 6) is 0.487. The van der Waals surface area contributed by atoms with Crippen molar-refractivity contribution in [1.29, 1.82) is 0 Å². The van der Waals surface area contributed by atoms with Crippen LogP contribution in [0.25, 0.3) is 0 Å². The molecule has 0 aliphatic carbocycles. The number of benzene rings is 1. The zero-order valence-corrected chi connectivity index (χ0v) is 8.53. The Morgan fingerprint density at radius 1 is 1.15 bits per heavy atom. The summed E-state index contributed by atoms with van der Waals surface area (Å²) in [6, 6.07) is 1.76. The molecule has 3 nitrogen and oxygen atoms in total. The summed E-state index contributed by atoms with van der Waals surface area (Å²) >= 11 is 0. The zero-order chi connectivity index (χ0) is 9.80. The Morgan fingerprint density at radius 2 is 1.77 bits per heavy atom. The molecule has 1 aromatic carbocycles. The monoisotopic (exact) mass is 198 g/mol. The second-order valence-corrected chi connectivity index (χ2v) is 4.79. The van der Waals surface area contributed by atoms with Crippen LogP contribution in [0.4, 0.5) is 0 Å². The first-order valence-electron chi connectivity index (χ1n) is 3.99. The van der Waals surface area contributed by atoms with E-state index in [4.69, 9.17) is 0 Å². The van der Waals surface area contributed by atoms with Gasteiger partial charge < -0.3 is 4.18 Å². The van der Waals surface area contributed by atoms with Crippen molar-refractivity contribution in [2.75, 3.05) is 0 Å². The molecule has 0 saturated heterocycles. The summed E-state index contributed by atoms with van der Waals surface area (Å²) in [6.45, 7) is 5.66. The lowest BCUT2D eigenvalue weighted by Gasteiger charge is -2.23. The SMILES string of the molecule is Cc1cc2c(c(C)c1C)S(=O)(=O)O2. The van der Waals surface area contributed by atoms with Crippen LogP contribution >= 0.6 is 0 Å². The first kappa shape index (κ1) is 8.56. The van der Waals surface area contributed by atoms with Gasteiger partial charge in [-0.1, -0.05) is 0 Å². The van der Waals surface area contributed by atoms with Crippen LogP contribution in [-0.4, -0.2) is 8.42 Å². The molecular formula is C9H10O3S. The Hall–Kier alpha value is -1.03. The summed E-state index contributed by atoms with van der Waals surface area (Å²) in [7, 11) is -3.41. The van der Waals surface area contributed by atoms with Crippen molar-refractivity contribution in [2.24, 2.45) is 0 Å². The summed E-state index contributed by atoms with van der Waals surface area (Å²) in [5, 5.41) is 0. The van der Waals surface area contributed by atoms with Gasteiger partial charge >= 0.3 is 10.1 Å². The van der Waals surface area contributed by atoms with Gasteiger partial charge in [-0.25, -0.2) is 0 Å². The van der Waals surface area contributed by atoms with Gasteiger partial charge in [-0.05, 0) is 43.5 Å². The van der Waals surface area contributed by atoms with Gasteiger partial charge in [0.15, 0.2) is 10.6 Å². The number of aryl methyl sites for hydroxylation is 1. The van der Waals surface area contributed by atoms with E-state index in [0.717, 1.165) is 16.7 Å². The Bertz CT molecular complexity index is 486. The second kappa shape index (κ2) is 2.26. The Labute approximate surface area is 77.5 Å². The molecule has 4 heteroatoms. The van der Waals surface area contributed by atoms with Crippen molar-refractivity contribution >= 4 is 10.1 Å². The molecule has 1 aliphatic rings. The van der Waals surface area contributed by atoms with Crippen molar-refractivity contribution in [1.82, 2.24) is 0 Å². The second-order valence-electron chi connectivity index (χ2n) is 3.31. The van der Waals surface area contributed by atoms with E-state index < -0.39 is 10.1 Å². The third kappa shape index (κ3) is 0.983. The summed E-state index contributed by atoms with van der Waals surface area (Å²) in [6.07, 6.45) is 0. The maximum Gasteiger partial charge on any atom is 0.343 e. The highest BCUT2D eigenvalue weighted by atomic mass is 32.2. The minimum absolute atomic E-state index is 0.357. The zero-order valence-electron chi connectivity index (χ0n) is 7.71. The lowest BCUT2D eigenvalue weighted by molar-refractivity contribution is 0.439. The van der Waals surface area contributed by atoms with Gasteiger partial charge in [0.05, 0.1) is 0 Å². The molecule has 0 amide bonds. The molecule has 0 bridgehead atoms. The van der Waals surface area contributed by atoms with Crippen molar-refractivity contribution in [2.45, 2.75) is 25.7 Å². The predicted molar refractivity (Wildman–Crippen MR) is 48.5 cm³/mol. The number of hydrogen-bond acceptors (Lipinski definition) is 3. The lowest BCUT2D eigenvalue weighted by Crippen LogP contribution is -2.23.